The second-order valence-corrected chi connectivity index (χ2v) is 3.82. The van der Waals surface area contributed by atoms with Crippen LogP contribution < -0.4 is 4.90 Å². The summed E-state index contributed by atoms with van der Waals surface area (Å²) in [6, 6.07) is 8.74. The fourth-order valence-corrected chi connectivity index (χ4v) is 1.74. The van der Waals surface area contributed by atoms with Crippen molar-refractivity contribution in [2.75, 3.05) is 4.90 Å². The van der Waals surface area contributed by atoms with Crippen LogP contribution in [-0.4, -0.2) is 17.5 Å². The maximum absolute atomic E-state index is 11.8. The molecule has 0 aliphatic heterocycles. The Morgan fingerprint density at radius 1 is 1.06 bits per heavy atom. The van der Waals surface area contributed by atoms with Gasteiger partial charge in [0.2, 0.25) is 11.7 Å². The van der Waals surface area contributed by atoms with E-state index in [1.165, 1.54) is 30.1 Å². The van der Waals surface area contributed by atoms with Gasteiger partial charge in [-0.25, -0.2) is 0 Å². The van der Waals surface area contributed by atoms with Crippen LogP contribution >= 0.6 is 0 Å². The normalized spacial score (nSPS) is 14.4. The van der Waals surface area contributed by atoms with Crippen molar-refractivity contribution >= 4 is 23.2 Å². The van der Waals surface area contributed by atoms with Crippen LogP contribution in [0.3, 0.4) is 0 Å². The highest BCUT2D eigenvalue weighted by atomic mass is 16.2. The minimum Gasteiger partial charge on any atom is -0.290 e. The van der Waals surface area contributed by atoms with Gasteiger partial charge in [0.15, 0.2) is 5.78 Å². The second-order valence-electron chi connectivity index (χ2n) is 3.82. The van der Waals surface area contributed by atoms with Gasteiger partial charge in [0.25, 0.3) is 0 Å². The van der Waals surface area contributed by atoms with Gasteiger partial charge in [0, 0.05) is 18.7 Å². The van der Waals surface area contributed by atoms with Crippen LogP contribution in [0.5, 0.6) is 0 Å². The lowest BCUT2D eigenvalue weighted by Crippen LogP contribution is -2.32. The van der Waals surface area contributed by atoms with Gasteiger partial charge in [-0.05, 0) is 24.3 Å². The Kier molecular flexibility index (Phi) is 3.19. The third-order valence-corrected chi connectivity index (χ3v) is 2.50. The lowest BCUT2D eigenvalue weighted by Gasteiger charge is -2.23. The van der Waals surface area contributed by atoms with E-state index < -0.39 is 0 Å². The highest BCUT2D eigenvalue weighted by Crippen LogP contribution is 2.21. The number of benzene rings is 1. The van der Waals surface area contributed by atoms with Crippen LogP contribution in [0.25, 0.3) is 0 Å². The Morgan fingerprint density at radius 2 is 1.72 bits per heavy atom. The number of hydrogen-bond donors (Lipinski definition) is 0. The summed E-state index contributed by atoms with van der Waals surface area (Å²) in [6.07, 6.45) is 3.54. The molecule has 0 bridgehead atoms. The summed E-state index contributed by atoms with van der Waals surface area (Å²) in [4.78, 5) is 36.0. The summed E-state index contributed by atoms with van der Waals surface area (Å²) >= 11 is 0. The molecule has 1 aromatic rings. The average Bonchev–Trinajstić information content (AvgIpc) is 2.35. The predicted molar refractivity (Wildman–Crippen MR) is 66.8 cm³/mol. The van der Waals surface area contributed by atoms with Gasteiger partial charge < -0.3 is 0 Å². The number of allylic oxidation sites excluding steroid dienone is 3. The van der Waals surface area contributed by atoms with E-state index in [1.54, 1.807) is 24.3 Å². The summed E-state index contributed by atoms with van der Waals surface area (Å²) in [7, 11) is 0. The second kappa shape index (κ2) is 4.79. The zero-order chi connectivity index (χ0) is 13.1. The van der Waals surface area contributed by atoms with Gasteiger partial charge >= 0.3 is 0 Å². The highest BCUT2D eigenvalue weighted by Gasteiger charge is 2.24. The molecule has 0 fully saturated rings. The number of nitrogens with zero attached hydrogens (tertiary/aromatic N) is 1. The van der Waals surface area contributed by atoms with E-state index in [0.717, 1.165) is 0 Å². The first kappa shape index (κ1) is 12.0. The third-order valence-electron chi connectivity index (χ3n) is 2.50. The lowest BCUT2D eigenvalue weighted by atomic mass is 10.1. The lowest BCUT2D eigenvalue weighted by molar-refractivity contribution is -0.118. The van der Waals surface area contributed by atoms with Crippen molar-refractivity contribution in [3.8, 4) is 0 Å². The molecule has 0 aromatic heterocycles. The highest BCUT2D eigenvalue weighted by molar-refractivity contribution is 6.21. The van der Waals surface area contributed by atoms with Crippen molar-refractivity contribution in [1.29, 1.82) is 0 Å². The molecular weight excluding hydrogens is 230 g/mol. The van der Waals surface area contributed by atoms with Gasteiger partial charge in [-0.15, -0.1) is 0 Å². The number of anilines is 1. The SMILES string of the molecule is CC(=O)N(C1=CC(=O)C=CC1=O)c1ccccc1. The molecule has 0 saturated carbocycles. The maximum Gasteiger partial charge on any atom is 0.228 e. The number of ketones is 2. The van der Waals surface area contributed by atoms with Crippen LogP contribution in [0.15, 0.2) is 54.3 Å². The van der Waals surface area contributed by atoms with Crippen LogP contribution in [-0.2, 0) is 14.4 Å². The number of carbonyl (C=O) groups is 3. The molecule has 90 valence electrons. The first-order valence-corrected chi connectivity index (χ1v) is 5.43. The van der Waals surface area contributed by atoms with E-state index in [9.17, 15) is 14.4 Å². The van der Waals surface area contributed by atoms with Crippen LogP contribution in [0.1, 0.15) is 6.92 Å². The summed E-state index contributed by atoms with van der Waals surface area (Å²) < 4.78 is 0. The summed E-state index contributed by atoms with van der Waals surface area (Å²) in [6.45, 7) is 1.35. The van der Waals surface area contributed by atoms with Gasteiger partial charge in [0.05, 0.1) is 0 Å². The van der Waals surface area contributed by atoms with Crippen LogP contribution in [0.2, 0.25) is 0 Å². The predicted octanol–water partition coefficient (Wildman–Crippen LogP) is 1.63. The molecule has 2 rings (SSSR count). The molecule has 0 saturated heterocycles. The molecule has 4 heteroatoms. The Balaban J connectivity index is 2.47. The van der Waals surface area contributed by atoms with Crippen molar-refractivity contribution in [2.24, 2.45) is 0 Å². The van der Waals surface area contributed by atoms with E-state index in [-0.39, 0.29) is 23.2 Å². The third kappa shape index (κ3) is 2.27. The van der Waals surface area contributed by atoms with Gasteiger partial charge in [-0.2, -0.15) is 0 Å². The number of carbonyl (C=O) groups excluding carboxylic acids is 3. The molecule has 0 N–H and O–H groups in total. The Hall–Kier alpha value is -2.49. The van der Waals surface area contributed by atoms with E-state index in [1.807, 2.05) is 6.07 Å². The minimum absolute atomic E-state index is 0.0844. The first-order chi connectivity index (χ1) is 8.59. The Morgan fingerprint density at radius 3 is 2.33 bits per heavy atom. The number of rotatable bonds is 2. The number of para-hydroxylation sites is 1. The summed E-state index contributed by atoms with van der Waals surface area (Å²) in [5.41, 5.74) is 0.647. The van der Waals surface area contributed by atoms with Gasteiger partial charge in [-0.1, -0.05) is 18.2 Å². The van der Waals surface area contributed by atoms with Crippen LogP contribution in [0.4, 0.5) is 5.69 Å². The molecule has 0 unspecified atom stereocenters. The van der Waals surface area contributed by atoms with Crippen molar-refractivity contribution in [1.82, 2.24) is 0 Å². The largest absolute Gasteiger partial charge is 0.290 e. The molecule has 0 heterocycles. The molecule has 1 aliphatic carbocycles. The summed E-state index contributed by atoms with van der Waals surface area (Å²) in [5.74, 6) is -0.968. The molecular formula is C14H11NO3. The molecule has 1 amide bonds. The summed E-state index contributed by atoms with van der Waals surface area (Å²) in [5, 5.41) is 0. The minimum atomic E-state index is -0.353. The quantitative estimate of drug-likeness (QED) is 0.739. The Labute approximate surface area is 104 Å². The molecule has 0 atom stereocenters. The molecule has 1 aliphatic rings. The zero-order valence-electron chi connectivity index (χ0n) is 9.79. The molecule has 0 spiro atoms. The molecule has 0 radical (unpaired) electrons. The van der Waals surface area contributed by atoms with Crippen molar-refractivity contribution in [3.05, 3.63) is 54.3 Å². The standard InChI is InChI=1S/C14H11NO3/c1-10(16)15(11-5-3-2-4-6-11)13-9-12(17)7-8-14(13)18/h2-9H,1H3. The maximum atomic E-state index is 11.8. The number of hydrogen-bond acceptors (Lipinski definition) is 3. The molecule has 18 heavy (non-hydrogen) atoms. The smallest absolute Gasteiger partial charge is 0.228 e. The Bertz CT molecular complexity index is 570. The van der Waals surface area contributed by atoms with Gasteiger partial charge in [0.1, 0.15) is 5.70 Å². The number of amides is 1. The molecule has 4 nitrogen and oxygen atoms in total. The topological polar surface area (TPSA) is 54.5 Å². The van der Waals surface area contributed by atoms with Crippen LogP contribution in [0, 0.1) is 0 Å². The van der Waals surface area contributed by atoms with Crippen molar-refractivity contribution in [3.63, 3.8) is 0 Å². The van der Waals surface area contributed by atoms with Crippen molar-refractivity contribution < 1.29 is 14.4 Å². The fraction of sp³-hybridized carbons (Fsp3) is 0.0714. The molecule has 1 aromatic carbocycles. The van der Waals surface area contributed by atoms with Gasteiger partial charge in [-0.3, -0.25) is 19.3 Å². The fourth-order valence-electron chi connectivity index (χ4n) is 1.74. The van der Waals surface area contributed by atoms with E-state index in [2.05, 4.69) is 0 Å². The average molecular weight is 241 g/mol. The monoisotopic (exact) mass is 241 g/mol. The first-order valence-electron chi connectivity index (χ1n) is 5.43. The van der Waals surface area contributed by atoms with E-state index >= 15 is 0 Å². The van der Waals surface area contributed by atoms with E-state index in [0.29, 0.717) is 5.69 Å². The van der Waals surface area contributed by atoms with Crippen molar-refractivity contribution in [2.45, 2.75) is 6.92 Å². The zero-order valence-corrected chi connectivity index (χ0v) is 9.79. The van der Waals surface area contributed by atoms with E-state index in [4.69, 9.17) is 0 Å².